The molecule has 0 saturated carbocycles. The topological polar surface area (TPSA) is 92.8 Å². The number of benzene rings is 1. The van der Waals surface area contributed by atoms with Gasteiger partial charge in [0.2, 0.25) is 5.91 Å². The maximum absolute atomic E-state index is 10.8. The van der Waals surface area contributed by atoms with Crippen LogP contribution in [-0.2, 0) is 4.79 Å². The summed E-state index contributed by atoms with van der Waals surface area (Å²) in [6.45, 7) is 3.57. The normalized spacial score (nSPS) is 14.2. The van der Waals surface area contributed by atoms with Gasteiger partial charge in [-0.1, -0.05) is 0 Å². The van der Waals surface area contributed by atoms with E-state index in [1.54, 1.807) is 26.2 Å². The Morgan fingerprint density at radius 2 is 1.88 bits per heavy atom. The zero-order valence-corrected chi connectivity index (χ0v) is 10.1. The van der Waals surface area contributed by atoms with E-state index in [0.717, 1.165) is 11.1 Å². The molecule has 0 aliphatic carbocycles. The molecule has 0 fully saturated rings. The van der Waals surface area contributed by atoms with Crippen molar-refractivity contribution in [2.45, 2.75) is 26.1 Å². The number of aryl methyl sites for hydroxylation is 2. The van der Waals surface area contributed by atoms with E-state index in [4.69, 9.17) is 10.5 Å². The average molecular weight is 239 g/mol. The van der Waals surface area contributed by atoms with E-state index >= 15 is 0 Å². The lowest BCUT2D eigenvalue weighted by Crippen LogP contribution is -2.34. The van der Waals surface area contributed by atoms with E-state index in [-0.39, 0.29) is 0 Å². The molecule has 2 atom stereocenters. The highest BCUT2D eigenvalue weighted by molar-refractivity contribution is 5.79. The number of primary amides is 1. The first kappa shape index (κ1) is 13.5. The Morgan fingerprint density at radius 3 is 2.35 bits per heavy atom. The Balaban J connectivity index is 3.14. The molecule has 0 heterocycles. The average Bonchev–Trinajstić information content (AvgIpc) is 2.29. The number of amides is 1. The second-order valence-corrected chi connectivity index (χ2v) is 3.97. The zero-order chi connectivity index (χ0) is 13.2. The first-order valence-corrected chi connectivity index (χ1v) is 5.19. The number of methoxy groups -OCH3 is 1. The fourth-order valence-electron chi connectivity index (χ4n) is 1.68. The molecule has 0 aromatic heterocycles. The van der Waals surface area contributed by atoms with Crippen LogP contribution in [0.25, 0.3) is 0 Å². The van der Waals surface area contributed by atoms with Gasteiger partial charge in [0.05, 0.1) is 7.11 Å². The molecule has 5 nitrogen and oxygen atoms in total. The smallest absolute Gasteiger partial charge is 0.249 e. The third-order valence-corrected chi connectivity index (χ3v) is 2.69. The standard InChI is InChI=1S/C12H17NO4/c1-6-5-9(17-3)7(2)4-8(6)10(14)11(15)12(13)16/h4-5,10-11,14-15H,1-3H3,(H2,13,16). The Morgan fingerprint density at radius 1 is 1.29 bits per heavy atom. The molecule has 1 amide bonds. The van der Waals surface area contributed by atoms with Crippen LogP contribution < -0.4 is 10.5 Å². The van der Waals surface area contributed by atoms with E-state index in [9.17, 15) is 15.0 Å². The van der Waals surface area contributed by atoms with Crippen LogP contribution in [0.15, 0.2) is 12.1 Å². The van der Waals surface area contributed by atoms with E-state index < -0.39 is 18.1 Å². The van der Waals surface area contributed by atoms with Crippen molar-refractivity contribution < 1.29 is 19.7 Å². The first-order chi connectivity index (χ1) is 7.88. The monoisotopic (exact) mass is 239 g/mol. The number of aliphatic hydroxyl groups is 2. The van der Waals surface area contributed by atoms with Crippen LogP contribution in [0.4, 0.5) is 0 Å². The van der Waals surface area contributed by atoms with E-state index in [1.165, 1.54) is 0 Å². The molecular weight excluding hydrogens is 222 g/mol. The molecule has 5 heteroatoms. The Kier molecular flexibility index (Phi) is 4.09. The van der Waals surface area contributed by atoms with Gasteiger partial charge < -0.3 is 20.7 Å². The van der Waals surface area contributed by atoms with Crippen molar-refractivity contribution in [1.82, 2.24) is 0 Å². The molecule has 0 radical (unpaired) electrons. The van der Waals surface area contributed by atoms with Crippen LogP contribution in [-0.4, -0.2) is 29.3 Å². The summed E-state index contributed by atoms with van der Waals surface area (Å²) >= 11 is 0. The molecule has 0 saturated heterocycles. The highest BCUT2D eigenvalue weighted by atomic mass is 16.5. The molecule has 0 aliphatic heterocycles. The lowest BCUT2D eigenvalue weighted by molar-refractivity contribution is -0.132. The number of hydrogen-bond donors (Lipinski definition) is 3. The molecule has 1 aromatic carbocycles. The minimum atomic E-state index is -1.61. The molecule has 94 valence electrons. The van der Waals surface area contributed by atoms with Crippen molar-refractivity contribution >= 4 is 5.91 Å². The van der Waals surface area contributed by atoms with E-state index in [0.29, 0.717) is 11.3 Å². The number of rotatable bonds is 4. The van der Waals surface area contributed by atoms with Gasteiger partial charge in [-0.05, 0) is 42.7 Å². The van der Waals surface area contributed by atoms with Crippen LogP contribution in [0.5, 0.6) is 5.75 Å². The molecule has 17 heavy (non-hydrogen) atoms. The maximum atomic E-state index is 10.8. The summed E-state index contributed by atoms with van der Waals surface area (Å²) in [7, 11) is 1.55. The van der Waals surface area contributed by atoms with Gasteiger partial charge in [0, 0.05) is 0 Å². The lowest BCUT2D eigenvalue weighted by atomic mass is 9.96. The van der Waals surface area contributed by atoms with Gasteiger partial charge in [0.25, 0.3) is 0 Å². The predicted octanol–water partition coefficient (Wildman–Crippen LogP) is 0.192. The minimum Gasteiger partial charge on any atom is -0.496 e. The maximum Gasteiger partial charge on any atom is 0.249 e. The summed E-state index contributed by atoms with van der Waals surface area (Å²) in [5, 5.41) is 19.3. The highest BCUT2D eigenvalue weighted by Gasteiger charge is 2.25. The summed E-state index contributed by atoms with van der Waals surface area (Å²) in [6.07, 6.45) is -2.93. The third-order valence-electron chi connectivity index (χ3n) is 2.69. The minimum absolute atomic E-state index is 0.467. The number of ether oxygens (including phenoxy) is 1. The first-order valence-electron chi connectivity index (χ1n) is 5.19. The number of carbonyl (C=O) groups is 1. The van der Waals surface area contributed by atoms with Crippen LogP contribution in [0.3, 0.4) is 0 Å². The van der Waals surface area contributed by atoms with Crippen molar-refractivity contribution in [3.05, 3.63) is 28.8 Å². The van der Waals surface area contributed by atoms with Crippen molar-refractivity contribution in [2.75, 3.05) is 7.11 Å². The van der Waals surface area contributed by atoms with E-state index in [2.05, 4.69) is 0 Å². The van der Waals surface area contributed by atoms with Gasteiger partial charge in [0.15, 0.2) is 6.10 Å². The van der Waals surface area contributed by atoms with Crippen molar-refractivity contribution in [3.63, 3.8) is 0 Å². The summed E-state index contributed by atoms with van der Waals surface area (Å²) in [5.41, 5.74) is 6.94. The summed E-state index contributed by atoms with van der Waals surface area (Å²) < 4.78 is 5.13. The van der Waals surface area contributed by atoms with Gasteiger partial charge in [-0.15, -0.1) is 0 Å². The van der Waals surface area contributed by atoms with Crippen molar-refractivity contribution in [1.29, 1.82) is 0 Å². The molecule has 1 aromatic rings. The van der Waals surface area contributed by atoms with Crippen LogP contribution >= 0.6 is 0 Å². The van der Waals surface area contributed by atoms with Crippen LogP contribution in [0.2, 0.25) is 0 Å². The number of nitrogens with two attached hydrogens (primary N) is 1. The lowest BCUT2D eigenvalue weighted by Gasteiger charge is -2.19. The number of hydrogen-bond acceptors (Lipinski definition) is 4. The van der Waals surface area contributed by atoms with Crippen molar-refractivity contribution in [2.24, 2.45) is 5.73 Å². The fraction of sp³-hybridized carbons (Fsp3) is 0.417. The summed E-state index contributed by atoms with van der Waals surface area (Å²) in [6, 6.07) is 3.41. The molecule has 2 unspecified atom stereocenters. The molecule has 0 spiro atoms. The number of carbonyl (C=O) groups excluding carboxylic acids is 1. The van der Waals surface area contributed by atoms with Gasteiger partial charge in [-0.25, -0.2) is 0 Å². The number of aliphatic hydroxyl groups excluding tert-OH is 2. The summed E-state index contributed by atoms with van der Waals surface area (Å²) in [4.78, 5) is 10.8. The highest BCUT2D eigenvalue weighted by Crippen LogP contribution is 2.28. The second kappa shape index (κ2) is 5.16. The van der Waals surface area contributed by atoms with Gasteiger partial charge >= 0.3 is 0 Å². The van der Waals surface area contributed by atoms with E-state index in [1.807, 2.05) is 6.92 Å². The molecular formula is C12H17NO4. The third kappa shape index (κ3) is 2.75. The molecule has 4 N–H and O–H groups in total. The molecule has 0 aliphatic rings. The van der Waals surface area contributed by atoms with Gasteiger partial charge in [-0.2, -0.15) is 0 Å². The summed E-state index contributed by atoms with van der Waals surface area (Å²) in [5.74, 6) is -0.266. The predicted molar refractivity (Wildman–Crippen MR) is 62.6 cm³/mol. The Hall–Kier alpha value is -1.59. The largest absolute Gasteiger partial charge is 0.496 e. The Labute approximate surface area is 99.8 Å². The molecule has 1 rings (SSSR count). The van der Waals surface area contributed by atoms with Gasteiger partial charge in [0.1, 0.15) is 11.9 Å². The fourth-order valence-corrected chi connectivity index (χ4v) is 1.68. The van der Waals surface area contributed by atoms with Crippen LogP contribution in [0.1, 0.15) is 22.8 Å². The quantitative estimate of drug-likeness (QED) is 0.699. The SMILES string of the molecule is COc1cc(C)c(C(O)C(O)C(N)=O)cc1C. The second-order valence-electron chi connectivity index (χ2n) is 3.97. The van der Waals surface area contributed by atoms with Crippen molar-refractivity contribution in [3.8, 4) is 5.75 Å². The van der Waals surface area contributed by atoms with Gasteiger partial charge in [-0.3, -0.25) is 4.79 Å². The Bertz CT molecular complexity index is 431. The molecule has 0 bridgehead atoms. The van der Waals surface area contributed by atoms with Crippen LogP contribution in [0, 0.1) is 13.8 Å². The zero-order valence-electron chi connectivity index (χ0n) is 10.1.